The first-order valence-corrected chi connectivity index (χ1v) is 11.3. The Balaban J connectivity index is 1.49. The van der Waals surface area contributed by atoms with Gasteiger partial charge in [0.25, 0.3) is 0 Å². The summed E-state index contributed by atoms with van der Waals surface area (Å²) in [6, 6.07) is 12.5. The predicted molar refractivity (Wildman–Crippen MR) is 125 cm³/mol. The zero-order valence-electron chi connectivity index (χ0n) is 18.8. The molecule has 0 radical (unpaired) electrons. The first kappa shape index (κ1) is 24.0. The van der Waals surface area contributed by atoms with E-state index in [1.165, 1.54) is 6.20 Å². The molecule has 0 bridgehead atoms. The van der Waals surface area contributed by atoms with E-state index in [0.29, 0.717) is 53.2 Å². The lowest BCUT2D eigenvalue weighted by atomic mass is 10.0. The fourth-order valence-corrected chi connectivity index (χ4v) is 3.46. The van der Waals surface area contributed by atoms with Crippen LogP contribution in [0.4, 0.5) is 0 Å². The Labute approximate surface area is 193 Å². The number of pyridine rings is 1. The average molecular weight is 449 g/mol. The van der Waals surface area contributed by atoms with Crippen LogP contribution in [0.15, 0.2) is 51.8 Å². The normalized spacial score (nSPS) is 10.7. The zero-order valence-corrected chi connectivity index (χ0v) is 18.8. The van der Waals surface area contributed by atoms with Gasteiger partial charge in [-0.3, -0.25) is 4.79 Å². The Morgan fingerprint density at radius 2 is 1.76 bits per heavy atom. The largest absolute Gasteiger partial charge is 0.478 e. The number of nitriles is 1. The highest BCUT2D eigenvalue weighted by Crippen LogP contribution is 2.25. The molecule has 0 aliphatic rings. The maximum atomic E-state index is 12.4. The minimum Gasteiger partial charge on any atom is -0.478 e. The Hall–Kier alpha value is -3.66. The van der Waals surface area contributed by atoms with Crippen LogP contribution in [0, 0.1) is 11.3 Å². The molecule has 7 heteroatoms. The van der Waals surface area contributed by atoms with E-state index < -0.39 is 5.63 Å². The van der Waals surface area contributed by atoms with Gasteiger partial charge in [0.15, 0.2) is 5.58 Å². The minimum absolute atomic E-state index is 0.139. The number of hydrogen-bond donors (Lipinski definition) is 0. The van der Waals surface area contributed by atoms with Gasteiger partial charge in [-0.15, -0.1) is 0 Å². The van der Waals surface area contributed by atoms with E-state index in [1.54, 1.807) is 43.3 Å². The molecule has 1 aromatic carbocycles. The summed E-state index contributed by atoms with van der Waals surface area (Å²) in [6.45, 7) is 2.85. The summed E-state index contributed by atoms with van der Waals surface area (Å²) in [7, 11) is 0. The van der Waals surface area contributed by atoms with E-state index in [0.717, 1.165) is 38.5 Å². The van der Waals surface area contributed by atoms with Crippen LogP contribution in [-0.2, 0) is 9.53 Å². The Morgan fingerprint density at radius 1 is 1.03 bits per heavy atom. The number of aromatic nitrogens is 1. The van der Waals surface area contributed by atoms with E-state index >= 15 is 0 Å². The van der Waals surface area contributed by atoms with Crippen LogP contribution in [0.1, 0.15) is 57.4 Å². The lowest BCUT2D eigenvalue weighted by molar-refractivity contribution is -0.143. The molecule has 3 aromatic rings. The van der Waals surface area contributed by atoms with Crippen LogP contribution in [0.25, 0.3) is 22.1 Å². The quantitative estimate of drug-likeness (QED) is 0.270. The Morgan fingerprint density at radius 3 is 2.52 bits per heavy atom. The summed E-state index contributed by atoms with van der Waals surface area (Å²) in [4.78, 5) is 27.7. The van der Waals surface area contributed by atoms with Gasteiger partial charge in [-0.05, 0) is 25.0 Å². The number of esters is 1. The average Bonchev–Trinajstić information content (AvgIpc) is 2.84. The van der Waals surface area contributed by atoms with Crippen LogP contribution in [0.5, 0.6) is 5.88 Å². The number of rotatable bonds is 12. The third kappa shape index (κ3) is 6.91. The van der Waals surface area contributed by atoms with Gasteiger partial charge in [0.2, 0.25) is 5.88 Å². The third-order valence-electron chi connectivity index (χ3n) is 5.27. The first-order chi connectivity index (χ1) is 16.1. The second-order valence-electron chi connectivity index (χ2n) is 7.71. The maximum absolute atomic E-state index is 12.4. The molecule has 172 valence electrons. The molecule has 0 fully saturated rings. The van der Waals surface area contributed by atoms with Crippen LogP contribution in [0.2, 0.25) is 0 Å². The van der Waals surface area contributed by atoms with Crippen molar-refractivity contribution >= 4 is 16.9 Å². The lowest BCUT2D eigenvalue weighted by Crippen LogP contribution is -2.05. The molecule has 33 heavy (non-hydrogen) atoms. The summed E-state index contributed by atoms with van der Waals surface area (Å²) in [6.07, 6.45) is 8.02. The molecular formula is C26H28N2O5. The third-order valence-corrected chi connectivity index (χ3v) is 5.27. The van der Waals surface area contributed by atoms with Gasteiger partial charge in [-0.2, -0.15) is 5.26 Å². The highest BCUT2D eigenvalue weighted by molar-refractivity contribution is 5.83. The van der Waals surface area contributed by atoms with Crippen molar-refractivity contribution in [1.82, 2.24) is 4.98 Å². The van der Waals surface area contributed by atoms with Gasteiger partial charge in [-0.1, -0.05) is 50.8 Å². The molecule has 0 unspecified atom stereocenters. The second-order valence-corrected chi connectivity index (χ2v) is 7.71. The van der Waals surface area contributed by atoms with Gasteiger partial charge in [0.05, 0.1) is 36.6 Å². The van der Waals surface area contributed by atoms with Crippen LogP contribution < -0.4 is 10.4 Å². The predicted octanol–water partition coefficient (Wildman–Crippen LogP) is 5.40. The molecule has 0 spiro atoms. The SMILES string of the molecule is CCC(=O)OCCCCCCCCOc1cc2cc(-c3ccccc3C#N)c(=O)oc2cn1. The number of ether oxygens (including phenoxy) is 2. The minimum atomic E-state index is -0.510. The fraction of sp³-hybridized carbons (Fsp3) is 0.385. The summed E-state index contributed by atoms with van der Waals surface area (Å²) in [5.41, 5.74) is 1.15. The molecule has 0 atom stereocenters. The van der Waals surface area contributed by atoms with Gasteiger partial charge in [0, 0.05) is 23.4 Å². The topological polar surface area (TPSA) is 102 Å². The molecule has 0 saturated carbocycles. The molecule has 0 saturated heterocycles. The van der Waals surface area contributed by atoms with Gasteiger partial charge < -0.3 is 13.9 Å². The molecular weight excluding hydrogens is 420 g/mol. The van der Waals surface area contributed by atoms with Crippen molar-refractivity contribution in [2.75, 3.05) is 13.2 Å². The van der Waals surface area contributed by atoms with Crippen LogP contribution >= 0.6 is 0 Å². The summed E-state index contributed by atoms with van der Waals surface area (Å²) < 4.78 is 16.2. The van der Waals surface area contributed by atoms with Crippen molar-refractivity contribution in [2.24, 2.45) is 0 Å². The van der Waals surface area contributed by atoms with Crippen molar-refractivity contribution in [3.63, 3.8) is 0 Å². The van der Waals surface area contributed by atoms with Gasteiger partial charge in [-0.25, -0.2) is 9.78 Å². The summed E-state index contributed by atoms with van der Waals surface area (Å²) in [5.74, 6) is 0.327. The van der Waals surface area contributed by atoms with Crippen molar-refractivity contribution in [3.8, 4) is 23.1 Å². The number of carbonyl (C=O) groups excluding carboxylic acids is 1. The molecule has 0 aliphatic carbocycles. The van der Waals surface area contributed by atoms with E-state index in [-0.39, 0.29) is 5.97 Å². The number of carbonyl (C=O) groups is 1. The Kier molecular flexibility index (Phi) is 9.01. The van der Waals surface area contributed by atoms with Crippen molar-refractivity contribution < 1.29 is 18.7 Å². The van der Waals surface area contributed by atoms with Gasteiger partial charge >= 0.3 is 11.6 Å². The smallest absolute Gasteiger partial charge is 0.344 e. The molecule has 0 aliphatic heterocycles. The monoisotopic (exact) mass is 448 g/mol. The fourth-order valence-electron chi connectivity index (χ4n) is 3.46. The van der Waals surface area contributed by atoms with E-state index in [9.17, 15) is 14.9 Å². The lowest BCUT2D eigenvalue weighted by Gasteiger charge is -2.08. The second kappa shape index (κ2) is 12.4. The highest BCUT2D eigenvalue weighted by atomic mass is 16.5. The molecule has 3 rings (SSSR count). The summed E-state index contributed by atoms with van der Waals surface area (Å²) >= 11 is 0. The molecule has 2 heterocycles. The first-order valence-electron chi connectivity index (χ1n) is 11.3. The van der Waals surface area contributed by atoms with Crippen LogP contribution in [-0.4, -0.2) is 24.2 Å². The highest BCUT2D eigenvalue weighted by Gasteiger charge is 2.12. The molecule has 0 N–H and O–H groups in total. The van der Waals surface area contributed by atoms with E-state index in [4.69, 9.17) is 13.9 Å². The molecule has 7 nitrogen and oxygen atoms in total. The van der Waals surface area contributed by atoms with Crippen molar-refractivity contribution in [2.45, 2.75) is 51.9 Å². The summed E-state index contributed by atoms with van der Waals surface area (Å²) in [5, 5.41) is 10.0. The zero-order chi connectivity index (χ0) is 23.5. The van der Waals surface area contributed by atoms with E-state index in [1.807, 2.05) is 0 Å². The number of benzene rings is 1. The standard InChI is InChI=1S/C26H28N2O5/c1-2-25(29)32-14-10-6-4-3-5-9-13-31-24-16-20-15-22(26(30)33-23(20)18-28-24)21-12-8-7-11-19(21)17-27/h7-8,11-12,15-16,18H,2-6,9-10,13-14H2,1H3. The number of unbranched alkanes of at least 4 members (excludes halogenated alkanes) is 5. The van der Waals surface area contributed by atoms with Gasteiger partial charge in [0.1, 0.15) is 0 Å². The number of nitrogens with zero attached hydrogens (tertiary/aromatic N) is 2. The number of hydrogen-bond acceptors (Lipinski definition) is 7. The Bertz CT molecular complexity index is 1180. The van der Waals surface area contributed by atoms with Crippen LogP contribution in [0.3, 0.4) is 0 Å². The molecule has 0 amide bonds. The van der Waals surface area contributed by atoms with E-state index in [2.05, 4.69) is 11.1 Å². The molecule has 2 aromatic heterocycles. The van der Waals surface area contributed by atoms with Crippen molar-refractivity contribution in [1.29, 1.82) is 5.26 Å². The van der Waals surface area contributed by atoms with Crippen molar-refractivity contribution in [3.05, 3.63) is 58.6 Å². The number of fused-ring (bicyclic) bond motifs is 1. The maximum Gasteiger partial charge on any atom is 0.344 e.